The van der Waals surface area contributed by atoms with Crippen LogP contribution in [0.15, 0.2) is 24.3 Å². The maximum absolute atomic E-state index is 5.35. The van der Waals surface area contributed by atoms with Crippen LogP contribution in [0.5, 0.6) is 0 Å². The molecule has 0 saturated carbocycles. The van der Waals surface area contributed by atoms with Crippen molar-refractivity contribution in [2.24, 2.45) is 0 Å². The van der Waals surface area contributed by atoms with Gasteiger partial charge in [-0.3, -0.25) is 0 Å². The Balaban J connectivity index is 2.65. The Bertz CT molecular complexity index is 334. The van der Waals surface area contributed by atoms with Gasteiger partial charge in [0.25, 0.3) is 0 Å². The van der Waals surface area contributed by atoms with Gasteiger partial charge >= 0.3 is 0 Å². The Labute approximate surface area is 118 Å². The first-order valence-electron chi connectivity index (χ1n) is 7.56. The maximum Gasteiger partial charge on any atom is 0.0543 e. The van der Waals surface area contributed by atoms with Gasteiger partial charge in [0.05, 0.1) is 6.10 Å². The second-order valence-electron chi connectivity index (χ2n) is 5.23. The van der Waals surface area contributed by atoms with Crippen LogP contribution in [0.3, 0.4) is 0 Å². The molecule has 0 heterocycles. The monoisotopic (exact) mass is 263 g/mol. The van der Waals surface area contributed by atoms with Gasteiger partial charge in [0.2, 0.25) is 0 Å². The van der Waals surface area contributed by atoms with Crippen LogP contribution in [0, 0.1) is 0 Å². The molecule has 2 heteroatoms. The third-order valence-electron chi connectivity index (χ3n) is 3.70. The lowest BCUT2D eigenvalue weighted by Crippen LogP contribution is -2.23. The molecule has 0 aliphatic carbocycles. The summed E-state index contributed by atoms with van der Waals surface area (Å²) >= 11 is 0. The summed E-state index contributed by atoms with van der Waals surface area (Å²) in [6.45, 7) is 7.61. The number of benzene rings is 1. The third-order valence-corrected chi connectivity index (χ3v) is 3.70. The van der Waals surface area contributed by atoms with Crippen LogP contribution in [0.2, 0.25) is 0 Å². The van der Waals surface area contributed by atoms with Gasteiger partial charge in [0.1, 0.15) is 0 Å². The molecule has 1 aromatic carbocycles. The smallest absolute Gasteiger partial charge is 0.0543 e. The lowest BCUT2D eigenvalue weighted by atomic mass is 9.98. The Hall–Kier alpha value is -0.860. The van der Waals surface area contributed by atoms with Gasteiger partial charge in [-0.25, -0.2) is 0 Å². The molecule has 1 rings (SSSR count). The highest BCUT2D eigenvalue weighted by Gasteiger charge is 2.12. The van der Waals surface area contributed by atoms with Crippen molar-refractivity contribution in [2.45, 2.75) is 58.6 Å². The molecule has 0 amide bonds. The van der Waals surface area contributed by atoms with Crippen LogP contribution >= 0.6 is 0 Å². The predicted octanol–water partition coefficient (Wildman–Crippen LogP) is 4.10. The molecule has 2 atom stereocenters. The zero-order valence-corrected chi connectivity index (χ0v) is 12.9. The van der Waals surface area contributed by atoms with Crippen molar-refractivity contribution < 1.29 is 4.74 Å². The van der Waals surface area contributed by atoms with Crippen molar-refractivity contribution in [1.29, 1.82) is 0 Å². The number of ether oxygens (including phenoxy) is 1. The molecule has 0 aliphatic heterocycles. The van der Waals surface area contributed by atoms with E-state index < -0.39 is 0 Å². The van der Waals surface area contributed by atoms with Crippen LogP contribution in [-0.4, -0.2) is 19.8 Å². The molecular weight excluding hydrogens is 234 g/mol. The maximum atomic E-state index is 5.35. The van der Waals surface area contributed by atoms with Crippen molar-refractivity contribution in [3.8, 4) is 0 Å². The molecule has 0 spiro atoms. The fourth-order valence-electron chi connectivity index (χ4n) is 2.21. The molecule has 1 N–H and O–H groups in total. The fraction of sp³-hybridized carbons (Fsp3) is 0.647. The lowest BCUT2D eigenvalue weighted by molar-refractivity contribution is 0.106. The van der Waals surface area contributed by atoms with Gasteiger partial charge in [0, 0.05) is 13.2 Å². The second kappa shape index (κ2) is 9.11. The standard InChI is InChI=1S/C17H29NO/c1-5-13-18-17(12-7-14(3)19-4)16-10-8-15(6-2)9-11-16/h8-11,14,17-18H,5-7,12-13H2,1-4H3. The number of aryl methyl sites for hydroxylation is 1. The highest BCUT2D eigenvalue weighted by Crippen LogP contribution is 2.21. The first kappa shape index (κ1) is 16.2. The van der Waals surface area contributed by atoms with Crippen molar-refractivity contribution in [1.82, 2.24) is 5.32 Å². The van der Waals surface area contributed by atoms with Crippen LogP contribution in [0.4, 0.5) is 0 Å². The summed E-state index contributed by atoms with van der Waals surface area (Å²) in [5.74, 6) is 0. The fourth-order valence-corrected chi connectivity index (χ4v) is 2.21. The normalized spacial score (nSPS) is 14.3. The average molecular weight is 263 g/mol. The average Bonchev–Trinajstić information content (AvgIpc) is 2.47. The van der Waals surface area contributed by atoms with E-state index >= 15 is 0 Å². The molecule has 0 radical (unpaired) electrons. The zero-order valence-electron chi connectivity index (χ0n) is 12.9. The van der Waals surface area contributed by atoms with Gasteiger partial charge in [-0.1, -0.05) is 38.1 Å². The Morgan fingerprint density at radius 3 is 2.32 bits per heavy atom. The van der Waals surface area contributed by atoms with E-state index in [1.807, 2.05) is 0 Å². The highest BCUT2D eigenvalue weighted by molar-refractivity contribution is 5.25. The minimum Gasteiger partial charge on any atom is -0.382 e. The van der Waals surface area contributed by atoms with Crippen molar-refractivity contribution in [2.75, 3.05) is 13.7 Å². The molecule has 19 heavy (non-hydrogen) atoms. The van der Waals surface area contributed by atoms with Gasteiger partial charge in [-0.15, -0.1) is 0 Å². The molecular formula is C17H29NO. The first-order chi connectivity index (χ1) is 9.21. The Morgan fingerprint density at radius 2 is 1.79 bits per heavy atom. The number of methoxy groups -OCH3 is 1. The number of nitrogens with one attached hydrogen (secondary N) is 1. The van der Waals surface area contributed by atoms with Crippen molar-refractivity contribution in [3.63, 3.8) is 0 Å². The van der Waals surface area contributed by atoms with Crippen LogP contribution in [-0.2, 0) is 11.2 Å². The van der Waals surface area contributed by atoms with Crippen LogP contribution < -0.4 is 5.32 Å². The van der Waals surface area contributed by atoms with Crippen molar-refractivity contribution >= 4 is 0 Å². The van der Waals surface area contributed by atoms with Gasteiger partial charge in [-0.05, 0) is 50.3 Å². The molecule has 0 bridgehead atoms. The van der Waals surface area contributed by atoms with E-state index in [2.05, 4.69) is 50.4 Å². The highest BCUT2D eigenvalue weighted by atomic mass is 16.5. The molecule has 2 nitrogen and oxygen atoms in total. The summed E-state index contributed by atoms with van der Waals surface area (Å²) in [7, 11) is 1.79. The van der Waals surface area contributed by atoms with E-state index in [9.17, 15) is 0 Å². The summed E-state index contributed by atoms with van der Waals surface area (Å²) in [6.07, 6.45) is 4.83. The van der Waals surface area contributed by atoms with Crippen molar-refractivity contribution in [3.05, 3.63) is 35.4 Å². The summed E-state index contributed by atoms with van der Waals surface area (Å²) in [4.78, 5) is 0. The summed E-state index contributed by atoms with van der Waals surface area (Å²) < 4.78 is 5.35. The minimum absolute atomic E-state index is 0.334. The summed E-state index contributed by atoms with van der Waals surface area (Å²) in [6, 6.07) is 9.47. The van der Waals surface area contributed by atoms with E-state index in [0.717, 1.165) is 25.8 Å². The molecule has 0 aliphatic rings. The number of rotatable bonds is 9. The molecule has 2 unspecified atom stereocenters. The Morgan fingerprint density at radius 1 is 1.11 bits per heavy atom. The minimum atomic E-state index is 0.334. The largest absolute Gasteiger partial charge is 0.382 e. The summed E-state index contributed by atoms with van der Waals surface area (Å²) in [5, 5.41) is 3.65. The number of hydrogen-bond acceptors (Lipinski definition) is 2. The van der Waals surface area contributed by atoms with Crippen LogP contribution in [0.1, 0.15) is 57.2 Å². The van der Waals surface area contributed by atoms with Gasteiger partial charge in [-0.2, -0.15) is 0 Å². The zero-order chi connectivity index (χ0) is 14.1. The SMILES string of the molecule is CCCNC(CCC(C)OC)c1ccc(CC)cc1. The topological polar surface area (TPSA) is 21.3 Å². The second-order valence-corrected chi connectivity index (χ2v) is 5.23. The van der Waals surface area contributed by atoms with E-state index in [4.69, 9.17) is 4.74 Å². The van der Waals surface area contributed by atoms with E-state index in [1.165, 1.54) is 17.5 Å². The molecule has 0 aromatic heterocycles. The first-order valence-corrected chi connectivity index (χ1v) is 7.56. The Kier molecular flexibility index (Phi) is 7.76. The molecule has 0 fully saturated rings. The molecule has 108 valence electrons. The van der Waals surface area contributed by atoms with E-state index in [-0.39, 0.29) is 0 Å². The lowest BCUT2D eigenvalue weighted by Gasteiger charge is -2.21. The van der Waals surface area contributed by atoms with Gasteiger partial charge in [0.15, 0.2) is 0 Å². The van der Waals surface area contributed by atoms with Gasteiger partial charge < -0.3 is 10.1 Å². The van der Waals surface area contributed by atoms with E-state index in [0.29, 0.717) is 12.1 Å². The molecule has 1 aromatic rings. The predicted molar refractivity (Wildman–Crippen MR) is 82.6 cm³/mol. The summed E-state index contributed by atoms with van der Waals surface area (Å²) in [5.41, 5.74) is 2.80. The van der Waals surface area contributed by atoms with E-state index in [1.54, 1.807) is 7.11 Å². The third kappa shape index (κ3) is 5.75. The number of hydrogen-bond donors (Lipinski definition) is 1. The quantitative estimate of drug-likeness (QED) is 0.724. The van der Waals surface area contributed by atoms with Crippen LogP contribution in [0.25, 0.3) is 0 Å². The molecule has 0 saturated heterocycles.